The molecular weight excluding hydrogens is 108 g/mol. The molecule has 0 fully saturated rings. The van der Waals surface area contributed by atoms with Crippen LogP contribution in [0.2, 0.25) is 0 Å². The van der Waals surface area contributed by atoms with E-state index in [1.165, 1.54) is 38.5 Å². The van der Waals surface area contributed by atoms with Gasteiger partial charge in [-0.05, 0) is 32.1 Å². The molecule has 1 radical (unpaired) electrons. The predicted molar refractivity (Wildman–Crippen MR) is 41.1 cm³/mol. The number of hydrogen-bond donors (Lipinski definition) is 0. The molecule has 0 saturated heterocycles. The van der Waals surface area contributed by atoms with Gasteiger partial charge in [-0.3, -0.25) is 0 Å². The van der Waals surface area contributed by atoms with Gasteiger partial charge in [0.15, 0.2) is 0 Å². The van der Waals surface area contributed by atoms with Gasteiger partial charge >= 0.3 is 0 Å². The van der Waals surface area contributed by atoms with Crippen LogP contribution in [0.1, 0.15) is 38.5 Å². The highest BCUT2D eigenvalue weighted by atomic mass is 14.0. The first kappa shape index (κ1) is 6.85. The Morgan fingerprint density at radius 2 is 1.67 bits per heavy atom. The molecule has 0 aromatic carbocycles. The zero-order chi connectivity index (χ0) is 6.36. The monoisotopic (exact) mass is 123 g/mol. The Morgan fingerprint density at radius 3 is 2.67 bits per heavy atom. The van der Waals surface area contributed by atoms with Crippen molar-refractivity contribution in [2.24, 2.45) is 0 Å². The van der Waals surface area contributed by atoms with Gasteiger partial charge in [0.1, 0.15) is 0 Å². The van der Waals surface area contributed by atoms with Crippen molar-refractivity contribution in [3.63, 3.8) is 0 Å². The molecule has 0 amide bonds. The summed E-state index contributed by atoms with van der Waals surface area (Å²) >= 11 is 0. The second-order valence-corrected chi connectivity index (χ2v) is 2.63. The second-order valence-electron chi connectivity index (χ2n) is 2.63. The minimum absolute atomic E-state index is 1.19. The molecule has 0 spiro atoms. The van der Waals surface area contributed by atoms with Gasteiger partial charge in [0.25, 0.3) is 0 Å². The Morgan fingerprint density at radius 1 is 0.778 bits per heavy atom. The second kappa shape index (κ2) is 4.60. The summed E-state index contributed by atoms with van der Waals surface area (Å²) in [5.41, 5.74) is 0. The molecule has 0 nitrogen and oxygen atoms in total. The highest BCUT2D eigenvalue weighted by molar-refractivity contribution is 4.87. The van der Waals surface area contributed by atoms with Crippen molar-refractivity contribution < 1.29 is 0 Å². The van der Waals surface area contributed by atoms with Gasteiger partial charge in [-0.2, -0.15) is 0 Å². The van der Waals surface area contributed by atoms with E-state index in [4.69, 9.17) is 0 Å². The number of rotatable bonds is 0. The maximum atomic E-state index is 2.38. The topological polar surface area (TPSA) is 0 Å². The van der Waals surface area contributed by atoms with E-state index in [1.807, 2.05) is 0 Å². The summed E-state index contributed by atoms with van der Waals surface area (Å²) in [6.45, 7) is 0. The molecule has 0 unspecified atom stereocenters. The summed E-state index contributed by atoms with van der Waals surface area (Å²) in [6, 6.07) is 0. The Balaban J connectivity index is 2.15. The lowest BCUT2D eigenvalue weighted by molar-refractivity contribution is 0.684. The van der Waals surface area contributed by atoms with Gasteiger partial charge in [-0.25, -0.2) is 0 Å². The van der Waals surface area contributed by atoms with Gasteiger partial charge in [0.05, 0.1) is 0 Å². The summed E-state index contributed by atoms with van der Waals surface area (Å²) in [4.78, 5) is 0. The Bertz CT molecular complexity index is 72.0. The van der Waals surface area contributed by atoms with E-state index >= 15 is 0 Å². The molecule has 0 aromatic heterocycles. The summed E-state index contributed by atoms with van der Waals surface area (Å²) in [5.74, 6) is 0. The molecule has 1 aliphatic carbocycles. The van der Waals surface area contributed by atoms with Crippen LogP contribution >= 0.6 is 0 Å². The van der Waals surface area contributed by atoms with Crippen molar-refractivity contribution in [3.05, 3.63) is 18.6 Å². The van der Waals surface area contributed by atoms with E-state index < -0.39 is 0 Å². The van der Waals surface area contributed by atoms with Crippen molar-refractivity contribution >= 4 is 0 Å². The smallest absolute Gasteiger partial charge is 0.0319 e. The van der Waals surface area contributed by atoms with Crippen LogP contribution in [0.4, 0.5) is 0 Å². The summed E-state index contributed by atoms with van der Waals surface area (Å²) in [5, 5.41) is 0. The standard InChI is InChI=1S/C9H15/c1-2-4-6-8-9-7-5-3-1/h1-2,5H,3-4,6-9H2/b2-1-. The molecule has 0 bridgehead atoms. The van der Waals surface area contributed by atoms with E-state index in [1.54, 1.807) is 0 Å². The van der Waals surface area contributed by atoms with E-state index in [0.29, 0.717) is 0 Å². The molecule has 0 heteroatoms. The first-order chi connectivity index (χ1) is 4.50. The molecule has 0 aromatic rings. The fourth-order valence-corrected chi connectivity index (χ4v) is 1.16. The third kappa shape index (κ3) is 3.34. The average molecular weight is 123 g/mol. The zero-order valence-electron chi connectivity index (χ0n) is 5.97. The fraction of sp³-hybridized carbons (Fsp3) is 0.667. The lowest BCUT2D eigenvalue weighted by Gasteiger charge is -1.93. The van der Waals surface area contributed by atoms with Gasteiger partial charge in [-0.15, -0.1) is 0 Å². The van der Waals surface area contributed by atoms with Crippen molar-refractivity contribution in [2.45, 2.75) is 38.5 Å². The van der Waals surface area contributed by atoms with Crippen molar-refractivity contribution in [1.29, 1.82) is 0 Å². The normalized spacial score (nSPS) is 25.8. The minimum atomic E-state index is 1.19. The third-order valence-electron chi connectivity index (χ3n) is 1.75. The molecular formula is C9H15. The van der Waals surface area contributed by atoms with Gasteiger partial charge in [0.2, 0.25) is 0 Å². The first-order valence-electron chi connectivity index (χ1n) is 3.97. The zero-order valence-corrected chi connectivity index (χ0v) is 5.97. The Kier molecular flexibility index (Phi) is 3.51. The quantitative estimate of drug-likeness (QED) is 0.434. The molecule has 9 heavy (non-hydrogen) atoms. The highest BCUT2D eigenvalue weighted by Crippen LogP contribution is 2.10. The van der Waals surface area contributed by atoms with Gasteiger partial charge in [-0.1, -0.05) is 25.0 Å². The van der Waals surface area contributed by atoms with Crippen LogP contribution in [0.5, 0.6) is 0 Å². The highest BCUT2D eigenvalue weighted by Gasteiger charge is 1.91. The van der Waals surface area contributed by atoms with Crippen LogP contribution in [-0.4, -0.2) is 0 Å². The van der Waals surface area contributed by atoms with Crippen LogP contribution in [0, 0.1) is 6.42 Å². The molecule has 1 rings (SSSR count). The summed E-state index contributed by atoms with van der Waals surface area (Å²) < 4.78 is 0. The molecule has 1 aliphatic rings. The summed E-state index contributed by atoms with van der Waals surface area (Å²) in [7, 11) is 0. The van der Waals surface area contributed by atoms with E-state index in [9.17, 15) is 0 Å². The molecule has 0 saturated carbocycles. The molecule has 0 atom stereocenters. The number of hydrogen-bond acceptors (Lipinski definition) is 0. The lowest BCUT2D eigenvalue weighted by Crippen LogP contribution is -1.75. The van der Waals surface area contributed by atoms with Crippen LogP contribution in [0.3, 0.4) is 0 Å². The predicted octanol–water partition coefficient (Wildman–Crippen LogP) is 3.10. The maximum absolute atomic E-state index is 2.38. The van der Waals surface area contributed by atoms with E-state index in [-0.39, 0.29) is 0 Å². The van der Waals surface area contributed by atoms with E-state index in [2.05, 4.69) is 18.6 Å². The van der Waals surface area contributed by atoms with Crippen molar-refractivity contribution in [1.82, 2.24) is 0 Å². The molecule has 51 valence electrons. The van der Waals surface area contributed by atoms with Crippen LogP contribution in [-0.2, 0) is 0 Å². The third-order valence-corrected chi connectivity index (χ3v) is 1.75. The largest absolute Gasteiger partial charge is 0.0885 e. The van der Waals surface area contributed by atoms with Crippen molar-refractivity contribution in [3.8, 4) is 0 Å². The molecule has 0 aliphatic heterocycles. The maximum Gasteiger partial charge on any atom is -0.0319 e. The van der Waals surface area contributed by atoms with Crippen LogP contribution < -0.4 is 0 Å². The van der Waals surface area contributed by atoms with Gasteiger partial charge < -0.3 is 0 Å². The molecule has 0 N–H and O–H groups in total. The number of allylic oxidation sites excluding steroid dienone is 2. The summed E-state index contributed by atoms with van der Waals surface area (Å²) in [6.07, 6.45) is 15.0. The van der Waals surface area contributed by atoms with Crippen LogP contribution in [0.15, 0.2) is 12.2 Å². The van der Waals surface area contributed by atoms with Gasteiger partial charge in [0, 0.05) is 0 Å². The lowest BCUT2D eigenvalue weighted by atomic mass is 10.1. The Hall–Kier alpha value is -0.260. The van der Waals surface area contributed by atoms with Crippen LogP contribution in [0.25, 0.3) is 0 Å². The molecule has 0 heterocycles. The first-order valence-corrected chi connectivity index (χ1v) is 3.97. The average Bonchev–Trinajstić information content (AvgIpc) is 2.00. The Labute approximate surface area is 58.0 Å². The van der Waals surface area contributed by atoms with E-state index in [0.717, 1.165) is 0 Å². The minimum Gasteiger partial charge on any atom is -0.0885 e. The van der Waals surface area contributed by atoms with Crippen molar-refractivity contribution in [2.75, 3.05) is 0 Å². The fourth-order valence-electron chi connectivity index (χ4n) is 1.16. The SMILES string of the molecule is [CH]1C/C=C\CCCCC1.